The molecule has 1 fully saturated rings. The number of allylic oxidation sites excluding steroid dienone is 9. The Hall–Kier alpha value is -4.76. The third kappa shape index (κ3) is 4.73. The third-order valence-electron chi connectivity index (χ3n) is 18.1. The fourth-order valence-electron chi connectivity index (χ4n) is 14.3. The third-order valence-corrected chi connectivity index (χ3v) is 18.1. The van der Waals surface area contributed by atoms with E-state index in [0.29, 0.717) is 29.1 Å². The molecule has 0 radical (unpaired) electrons. The van der Waals surface area contributed by atoms with Gasteiger partial charge in [0.15, 0.2) is 7.28 Å². The van der Waals surface area contributed by atoms with Gasteiger partial charge in [-0.2, -0.15) is 0 Å². The minimum Gasteiger partial charge on any atom is -0.460 e. The minimum absolute atomic E-state index is 0.0692. The second kappa shape index (κ2) is 12.2. The summed E-state index contributed by atoms with van der Waals surface area (Å²) in [6.07, 6.45) is 17.7. The van der Waals surface area contributed by atoms with Gasteiger partial charge < -0.3 is 9.32 Å². The summed E-state index contributed by atoms with van der Waals surface area (Å²) in [6.45, 7) is 22.8. The normalized spacial score (nSPS) is 31.2. The predicted octanol–water partition coefficient (Wildman–Crippen LogP) is 13.9. The van der Waals surface area contributed by atoms with E-state index in [1.807, 2.05) is 0 Å². The Labute approximate surface area is 358 Å². The van der Waals surface area contributed by atoms with E-state index in [2.05, 4.69) is 176 Å². The van der Waals surface area contributed by atoms with E-state index in [9.17, 15) is 0 Å². The van der Waals surface area contributed by atoms with Crippen molar-refractivity contribution in [2.24, 2.45) is 39.9 Å². The van der Waals surface area contributed by atoms with Crippen molar-refractivity contribution in [2.45, 2.75) is 105 Å². The van der Waals surface area contributed by atoms with E-state index >= 15 is 0 Å². The van der Waals surface area contributed by atoms with E-state index in [1.54, 1.807) is 11.0 Å². The van der Waals surface area contributed by atoms with E-state index in [1.165, 1.54) is 85.8 Å². The van der Waals surface area contributed by atoms with Crippen molar-refractivity contribution in [1.82, 2.24) is 0 Å². The average molecular weight is 786 g/mol. The van der Waals surface area contributed by atoms with Gasteiger partial charge in [-0.15, -0.1) is 0 Å². The Morgan fingerprint density at radius 2 is 1.55 bits per heavy atom. The number of para-hydroxylation sites is 1. The summed E-state index contributed by atoms with van der Waals surface area (Å²) < 4.78 is 6.83. The van der Waals surface area contributed by atoms with Crippen LogP contribution >= 0.6 is 0 Å². The van der Waals surface area contributed by atoms with Crippen molar-refractivity contribution in [3.05, 3.63) is 154 Å². The summed E-state index contributed by atoms with van der Waals surface area (Å²) in [6, 6.07) is 29.9. The van der Waals surface area contributed by atoms with Gasteiger partial charge >= 0.3 is 0 Å². The molecule has 1 saturated carbocycles. The molecule has 12 rings (SSSR count). The van der Waals surface area contributed by atoms with E-state index in [-0.39, 0.29) is 28.1 Å². The SMILES string of the molecule is CC1CC2C(C=C1N1C3=C(Bc4c1cc1ccccc1c4C1=CC=CC4c5oc6ccccc6c5[C@H](C)C14C)CC1C(=C3)c3ccccc3C1(C)C)C(C)(C)CCC2(C)C. The van der Waals surface area contributed by atoms with Gasteiger partial charge in [0, 0.05) is 39.4 Å². The molecule has 6 aliphatic carbocycles. The van der Waals surface area contributed by atoms with Crippen LogP contribution in [0.2, 0.25) is 0 Å². The number of furan rings is 1. The van der Waals surface area contributed by atoms with Crippen LogP contribution in [0.5, 0.6) is 0 Å². The first-order chi connectivity index (χ1) is 28.7. The van der Waals surface area contributed by atoms with Gasteiger partial charge in [-0.3, -0.25) is 0 Å². The van der Waals surface area contributed by atoms with Gasteiger partial charge in [-0.25, -0.2) is 0 Å². The summed E-state index contributed by atoms with van der Waals surface area (Å²) in [5, 5.41) is 3.99. The molecule has 0 bridgehead atoms. The van der Waals surface area contributed by atoms with Crippen molar-refractivity contribution in [3.8, 4) is 0 Å². The zero-order valence-electron chi connectivity index (χ0n) is 37.2. The number of rotatable bonds is 2. The maximum atomic E-state index is 6.83. The second-order valence-corrected chi connectivity index (χ2v) is 22.3. The molecular weight excluding hydrogens is 725 g/mol. The molecular formula is C57H60BNO. The second-order valence-electron chi connectivity index (χ2n) is 22.3. The van der Waals surface area contributed by atoms with Crippen molar-refractivity contribution < 1.29 is 4.42 Å². The topological polar surface area (TPSA) is 16.4 Å². The molecule has 7 atom stereocenters. The Morgan fingerprint density at radius 3 is 2.38 bits per heavy atom. The van der Waals surface area contributed by atoms with E-state index < -0.39 is 0 Å². The highest BCUT2D eigenvalue weighted by Crippen LogP contribution is 2.66. The lowest BCUT2D eigenvalue weighted by molar-refractivity contribution is -0.0108. The molecule has 60 heavy (non-hydrogen) atoms. The summed E-state index contributed by atoms with van der Waals surface area (Å²) in [4.78, 5) is 2.84. The first kappa shape index (κ1) is 37.0. The van der Waals surface area contributed by atoms with E-state index in [0.717, 1.165) is 25.0 Å². The Balaban J connectivity index is 1.11. The van der Waals surface area contributed by atoms with Crippen molar-refractivity contribution in [3.63, 3.8) is 0 Å². The molecule has 0 spiro atoms. The first-order valence-corrected chi connectivity index (χ1v) is 23.2. The minimum atomic E-state index is -0.165. The van der Waals surface area contributed by atoms with E-state index in [4.69, 9.17) is 4.42 Å². The molecule has 1 aliphatic heterocycles. The number of nitrogens with zero attached hydrogens (tertiary/aromatic N) is 1. The van der Waals surface area contributed by atoms with Crippen LogP contribution in [-0.2, 0) is 5.41 Å². The Bertz CT molecular complexity index is 2870. The fraction of sp³-hybridized carbons (Fsp3) is 0.404. The average Bonchev–Trinajstić information content (AvgIpc) is 3.80. The lowest BCUT2D eigenvalue weighted by Gasteiger charge is -2.55. The van der Waals surface area contributed by atoms with Crippen molar-refractivity contribution >= 4 is 51.3 Å². The van der Waals surface area contributed by atoms with Crippen LogP contribution in [0.4, 0.5) is 5.69 Å². The number of hydrogen-bond acceptors (Lipinski definition) is 2. The van der Waals surface area contributed by atoms with Crippen LogP contribution in [0.25, 0.3) is 32.9 Å². The summed E-state index contributed by atoms with van der Waals surface area (Å²) in [7, 11) is 0.975. The maximum absolute atomic E-state index is 6.83. The van der Waals surface area contributed by atoms with Crippen molar-refractivity contribution in [2.75, 3.05) is 4.90 Å². The highest BCUT2D eigenvalue weighted by molar-refractivity contribution is 6.66. The molecule has 5 aromatic rings. The van der Waals surface area contributed by atoms with Crippen molar-refractivity contribution in [1.29, 1.82) is 0 Å². The fourth-order valence-corrected chi connectivity index (χ4v) is 14.3. The first-order valence-electron chi connectivity index (χ1n) is 23.2. The number of fused-ring (bicyclic) bond motifs is 11. The molecule has 6 unspecified atom stereocenters. The monoisotopic (exact) mass is 785 g/mol. The molecule has 4 aromatic carbocycles. The predicted molar refractivity (Wildman–Crippen MR) is 254 cm³/mol. The van der Waals surface area contributed by atoms with Crippen LogP contribution in [0.3, 0.4) is 0 Å². The van der Waals surface area contributed by atoms with Gasteiger partial charge in [0.05, 0.1) is 0 Å². The smallest absolute Gasteiger partial charge is 0.193 e. The lowest BCUT2D eigenvalue weighted by Crippen LogP contribution is -2.49. The van der Waals surface area contributed by atoms with Gasteiger partial charge in [0.2, 0.25) is 0 Å². The summed E-state index contributed by atoms with van der Waals surface area (Å²) in [5.74, 6) is 3.74. The Morgan fingerprint density at radius 1 is 0.817 bits per heavy atom. The zero-order valence-corrected chi connectivity index (χ0v) is 37.2. The van der Waals surface area contributed by atoms with Gasteiger partial charge in [-0.05, 0) is 134 Å². The summed E-state index contributed by atoms with van der Waals surface area (Å²) in [5.41, 5.74) is 17.9. The van der Waals surface area contributed by atoms with Gasteiger partial charge in [0.25, 0.3) is 0 Å². The number of hydrogen-bond donors (Lipinski definition) is 0. The highest BCUT2D eigenvalue weighted by Gasteiger charge is 2.55. The largest absolute Gasteiger partial charge is 0.460 e. The molecule has 0 saturated heterocycles. The molecule has 0 amide bonds. The lowest BCUT2D eigenvalue weighted by atomic mass is 9.50. The molecule has 0 N–H and O–H groups in total. The van der Waals surface area contributed by atoms with Gasteiger partial charge in [-0.1, -0.05) is 159 Å². The maximum Gasteiger partial charge on any atom is 0.193 e. The molecule has 7 aliphatic rings. The van der Waals surface area contributed by atoms with Crippen LogP contribution in [0.1, 0.15) is 128 Å². The standard InChI is InChI=1S/C57H60BNO/c1-32-27-43-44(55(5,6)26-25-54(43,3)4)31-46(32)59-47-29-38-36-19-12-14-21-39(36)56(7,8)42(38)30-45(47)58-52-48(59)28-34-17-10-11-18-35(34)51(52)40-22-16-23-41-53-50(33(2)57(40,41)9)37-20-13-15-24-49(37)60-53/h10-24,28-29,31-33,41-44,58H,25-27,30H2,1-9H3/t32?,33-,41?,42?,43?,44?,57?/m0/s1. The highest BCUT2D eigenvalue weighted by atomic mass is 16.3. The van der Waals surface area contributed by atoms with Crippen LogP contribution in [-0.4, -0.2) is 7.28 Å². The number of anilines is 1. The molecule has 3 heteroatoms. The zero-order chi connectivity index (χ0) is 41.2. The quantitative estimate of drug-likeness (QED) is 0.166. The van der Waals surface area contributed by atoms with Crippen LogP contribution in [0, 0.1) is 39.9 Å². The molecule has 1 aromatic heterocycles. The Kier molecular flexibility index (Phi) is 7.54. The molecule has 2 heterocycles. The van der Waals surface area contributed by atoms with Crippen LogP contribution in [0.15, 0.2) is 131 Å². The number of benzene rings is 4. The molecule has 302 valence electrons. The summed E-state index contributed by atoms with van der Waals surface area (Å²) >= 11 is 0. The van der Waals surface area contributed by atoms with Gasteiger partial charge in [0.1, 0.15) is 11.3 Å². The molecule has 2 nitrogen and oxygen atoms in total. The van der Waals surface area contributed by atoms with Crippen LogP contribution < -0.4 is 10.4 Å².